The summed E-state index contributed by atoms with van der Waals surface area (Å²) in [6, 6.07) is 6.30. The predicted molar refractivity (Wildman–Crippen MR) is 124 cm³/mol. The number of halogens is 1. The van der Waals surface area contributed by atoms with Gasteiger partial charge in [-0.25, -0.2) is 13.1 Å². The molecule has 1 N–H and O–H groups in total. The molecule has 2 aromatic rings. The molecule has 1 aromatic carbocycles. The molecule has 1 saturated heterocycles. The van der Waals surface area contributed by atoms with E-state index >= 15 is 0 Å². The lowest BCUT2D eigenvalue weighted by atomic mass is 9.84. The highest BCUT2D eigenvalue weighted by Crippen LogP contribution is 2.29. The van der Waals surface area contributed by atoms with Crippen LogP contribution in [0.25, 0.3) is 11.0 Å². The lowest BCUT2D eigenvalue weighted by Gasteiger charge is -2.36. The summed E-state index contributed by atoms with van der Waals surface area (Å²) in [5, 5.41) is 5.42. The third-order valence-electron chi connectivity index (χ3n) is 6.17. The third-order valence-corrected chi connectivity index (χ3v) is 7.60. The zero-order valence-corrected chi connectivity index (χ0v) is 19.8. The van der Waals surface area contributed by atoms with E-state index in [0.717, 1.165) is 75.2 Å². The van der Waals surface area contributed by atoms with Gasteiger partial charge in [-0.05, 0) is 85.4 Å². The fraction of sp³-hybridized carbons (Fsp3) is 0.650. The normalized spacial score (nSPS) is 24.3. The maximum Gasteiger partial charge on any atom is 0.208 e. The standard InChI is InChI=1S/C20H29IN4O3S/c1-29(26,27)23-17-5-2-15(3-6-17)8-9-24-10-12-25(13-11-24)20-18-14-16(21)4-7-19(18)28-22-20/h4,7,14-15,17,23H,2-3,5-6,8-13H2,1H3. The van der Waals surface area contributed by atoms with Crippen molar-refractivity contribution in [1.82, 2.24) is 14.8 Å². The summed E-state index contributed by atoms with van der Waals surface area (Å²) in [4.78, 5) is 4.88. The van der Waals surface area contributed by atoms with Crippen molar-refractivity contribution in [3.05, 3.63) is 21.8 Å². The molecule has 1 aromatic heterocycles. The van der Waals surface area contributed by atoms with Gasteiger partial charge in [0.2, 0.25) is 10.0 Å². The van der Waals surface area contributed by atoms with Crippen LogP contribution >= 0.6 is 22.6 Å². The summed E-state index contributed by atoms with van der Waals surface area (Å²) in [5.41, 5.74) is 0.851. The lowest BCUT2D eigenvalue weighted by Crippen LogP contribution is -2.47. The van der Waals surface area contributed by atoms with E-state index in [1.807, 2.05) is 12.1 Å². The zero-order valence-electron chi connectivity index (χ0n) is 16.8. The summed E-state index contributed by atoms with van der Waals surface area (Å²) in [7, 11) is -3.09. The van der Waals surface area contributed by atoms with Gasteiger partial charge in [0, 0.05) is 35.8 Å². The van der Waals surface area contributed by atoms with Crippen LogP contribution in [0, 0.1) is 9.49 Å². The molecule has 1 aliphatic heterocycles. The van der Waals surface area contributed by atoms with Crippen LogP contribution in [0.1, 0.15) is 32.1 Å². The number of nitrogens with one attached hydrogen (secondary N) is 1. The average Bonchev–Trinajstić information content (AvgIpc) is 3.10. The molecule has 9 heteroatoms. The topological polar surface area (TPSA) is 78.7 Å². The van der Waals surface area contributed by atoms with Gasteiger partial charge in [0.15, 0.2) is 11.4 Å². The molecule has 160 valence electrons. The Kier molecular flexibility index (Phi) is 6.67. The Hall–Kier alpha value is -0.910. The van der Waals surface area contributed by atoms with Crippen LogP contribution in [-0.2, 0) is 10.0 Å². The predicted octanol–water partition coefficient (Wildman–Crippen LogP) is 3.05. The minimum absolute atomic E-state index is 0.130. The van der Waals surface area contributed by atoms with Gasteiger partial charge in [-0.2, -0.15) is 0 Å². The quantitative estimate of drug-likeness (QED) is 0.577. The van der Waals surface area contributed by atoms with Crippen molar-refractivity contribution in [3.63, 3.8) is 0 Å². The van der Waals surface area contributed by atoms with Crippen LogP contribution in [0.15, 0.2) is 22.7 Å². The molecule has 7 nitrogen and oxygen atoms in total. The number of anilines is 1. The number of fused-ring (bicyclic) bond motifs is 1. The molecule has 29 heavy (non-hydrogen) atoms. The SMILES string of the molecule is CS(=O)(=O)NC1CCC(CCN2CCN(c3noc4ccc(I)cc34)CC2)CC1. The summed E-state index contributed by atoms with van der Waals surface area (Å²) >= 11 is 2.33. The van der Waals surface area contributed by atoms with Gasteiger partial charge in [0.05, 0.1) is 11.6 Å². The molecule has 0 radical (unpaired) electrons. The fourth-order valence-corrected chi connectivity index (χ4v) is 5.88. The van der Waals surface area contributed by atoms with Crippen LogP contribution < -0.4 is 9.62 Å². The first-order valence-electron chi connectivity index (χ1n) is 10.4. The van der Waals surface area contributed by atoms with Gasteiger partial charge in [0.25, 0.3) is 0 Å². The first-order valence-corrected chi connectivity index (χ1v) is 13.3. The van der Waals surface area contributed by atoms with E-state index in [1.165, 1.54) is 16.2 Å². The van der Waals surface area contributed by atoms with E-state index in [1.54, 1.807) is 0 Å². The van der Waals surface area contributed by atoms with Gasteiger partial charge >= 0.3 is 0 Å². The van der Waals surface area contributed by atoms with Crippen molar-refractivity contribution >= 4 is 49.4 Å². The molecular formula is C20H29IN4O3S. The lowest BCUT2D eigenvalue weighted by molar-refractivity contribution is 0.214. The number of hydrogen-bond acceptors (Lipinski definition) is 6. The van der Waals surface area contributed by atoms with Crippen molar-refractivity contribution in [2.75, 3.05) is 43.9 Å². The Bertz CT molecular complexity index is 932. The first kappa shape index (κ1) is 21.3. The number of benzene rings is 1. The zero-order chi connectivity index (χ0) is 20.4. The number of rotatable bonds is 6. The summed E-state index contributed by atoms with van der Waals surface area (Å²) < 4.78 is 32.2. The first-order chi connectivity index (χ1) is 13.9. The Morgan fingerprint density at radius 3 is 2.59 bits per heavy atom. The monoisotopic (exact) mass is 532 g/mol. The highest BCUT2D eigenvalue weighted by atomic mass is 127. The molecule has 0 bridgehead atoms. The number of hydrogen-bond donors (Lipinski definition) is 1. The van der Waals surface area contributed by atoms with Gasteiger partial charge in [-0.3, -0.25) is 4.90 Å². The minimum Gasteiger partial charge on any atom is -0.354 e. The van der Waals surface area contributed by atoms with Crippen LogP contribution in [0.2, 0.25) is 0 Å². The van der Waals surface area contributed by atoms with Crippen LogP contribution in [0.5, 0.6) is 0 Å². The van der Waals surface area contributed by atoms with Crippen molar-refractivity contribution in [1.29, 1.82) is 0 Å². The van der Waals surface area contributed by atoms with Crippen LogP contribution in [0.4, 0.5) is 5.82 Å². The van der Waals surface area contributed by atoms with E-state index in [4.69, 9.17) is 4.52 Å². The molecule has 1 saturated carbocycles. The van der Waals surface area contributed by atoms with E-state index in [2.05, 4.69) is 48.3 Å². The van der Waals surface area contributed by atoms with Crippen molar-refractivity contribution in [3.8, 4) is 0 Å². The smallest absolute Gasteiger partial charge is 0.208 e. The van der Waals surface area contributed by atoms with Crippen molar-refractivity contribution in [2.45, 2.75) is 38.1 Å². The second kappa shape index (κ2) is 9.07. The molecule has 0 atom stereocenters. The maximum absolute atomic E-state index is 11.4. The van der Waals surface area contributed by atoms with Crippen LogP contribution in [0.3, 0.4) is 0 Å². The van der Waals surface area contributed by atoms with E-state index in [9.17, 15) is 8.42 Å². The fourth-order valence-electron chi connectivity index (χ4n) is 4.55. The van der Waals surface area contributed by atoms with E-state index < -0.39 is 10.0 Å². The van der Waals surface area contributed by atoms with Gasteiger partial charge < -0.3 is 9.42 Å². The van der Waals surface area contributed by atoms with Gasteiger partial charge in [-0.1, -0.05) is 5.16 Å². The molecule has 2 heterocycles. The number of piperazine rings is 1. The maximum atomic E-state index is 11.4. The van der Waals surface area contributed by atoms with E-state index in [-0.39, 0.29) is 6.04 Å². The number of aromatic nitrogens is 1. The Morgan fingerprint density at radius 1 is 1.17 bits per heavy atom. The average molecular weight is 532 g/mol. The number of sulfonamides is 1. The van der Waals surface area contributed by atoms with Gasteiger partial charge in [-0.15, -0.1) is 0 Å². The molecule has 0 spiro atoms. The minimum atomic E-state index is -3.09. The highest BCUT2D eigenvalue weighted by Gasteiger charge is 2.25. The Morgan fingerprint density at radius 2 is 1.90 bits per heavy atom. The Labute approximate surface area is 186 Å². The van der Waals surface area contributed by atoms with Crippen molar-refractivity contribution in [2.24, 2.45) is 5.92 Å². The van der Waals surface area contributed by atoms with Crippen LogP contribution in [-0.4, -0.2) is 63.5 Å². The summed E-state index contributed by atoms with van der Waals surface area (Å²) in [6.45, 7) is 5.16. The second-order valence-electron chi connectivity index (χ2n) is 8.37. The van der Waals surface area contributed by atoms with E-state index in [0.29, 0.717) is 5.92 Å². The molecule has 2 fully saturated rings. The van der Waals surface area contributed by atoms with Crippen molar-refractivity contribution < 1.29 is 12.9 Å². The highest BCUT2D eigenvalue weighted by molar-refractivity contribution is 14.1. The molecular weight excluding hydrogens is 503 g/mol. The molecule has 0 amide bonds. The third kappa shape index (κ3) is 5.62. The molecule has 1 aliphatic carbocycles. The molecule has 0 unspecified atom stereocenters. The second-order valence-corrected chi connectivity index (χ2v) is 11.4. The largest absolute Gasteiger partial charge is 0.354 e. The Balaban J connectivity index is 1.22. The summed E-state index contributed by atoms with van der Waals surface area (Å²) in [5.74, 6) is 1.68. The number of nitrogens with zero attached hydrogens (tertiary/aromatic N) is 3. The molecule has 2 aliphatic rings. The summed E-state index contributed by atoms with van der Waals surface area (Å²) in [6.07, 6.45) is 6.62. The molecule has 4 rings (SSSR count). The van der Waals surface area contributed by atoms with Gasteiger partial charge in [0.1, 0.15) is 0 Å².